The Hall–Kier alpha value is -9.84. The van der Waals surface area contributed by atoms with E-state index in [-0.39, 0.29) is 0 Å². The second-order valence-corrected chi connectivity index (χ2v) is 19.0. The molecule has 2 aromatic heterocycles. The van der Waals surface area contributed by atoms with Crippen LogP contribution < -0.4 is 5.32 Å². The average molecular weight is 946 g/mol. The van der Waals surface area contributed by atoms with Crippen molar-refractivity contribution in [2.75, 3.05) is 0 Å². The van der Waals surface area contributed by atoms with Gasteiger partial charge in [-0.05, 0) is 93.5 Å². The minimum absolute atomic E-state index is 0.421. The van der Waals surface area contributed by atoms with E-state index in [0.29, 0.717) is 5.84 Å². The maximum Gasteiger partial charge on any atom is 0.159 e. The summed E-state index contributed by atoms with van der Waals surface area (Å²) in [5.41, 5.74) is 19.0. The third-order valence-corrected chi connectivity index (χ3v) is 14.6. The predicted octanol–water partition coefficient (Wildman–Crippen LogP) is 17.0. The number of hydrogen-bond donors (Lipinski definition) is 1. The van der Waals surface area contributed by atoms with Gasteiger partial charge in [0.2, 0.25) is 0 Å². The molecule has 1 N–H and O–H groups in total. The van der Waals surface area contributed by atoms with Crippen LogP contribution in [0.2, 0.25) is 0 Å². The number of aromatic nitrogens is 2. The van der Waals surface area contributed by atoms with Crippen LogP contribution in [0.1, 0.15) is 22.9 Å². The van der Waals surface area contributed by atoms with Gasteiger partial charge in [0.1, 0.15) is 12.0 Å². The van der Waals surface area contributed by atoms with Gasteiger partial charge < -0.3 is 14.5 Å². The first-order valence-electron chi connectivity index (χ1n) is 25.3. The van der Waals surface area contributed by atoms with E-state index in [1.807, 2.05) is 6.07 Å². The Morgan fingerprint density at radius 2 is 0.689 bits per heavy atom. The van der Waals surface area contributed by atoms with E-state index in [1.165, 1.54) is 54.7 Å². The van der Waals surface area contributed by atoms with Crippen LogP contribution >= 0.6 is 0 Å². The number of nitrogens with one attached hydrogen (secondary N) is 1. The SMILES string of the molecule is c1ccc(C2=NC(c3ccc(-c4cc(-c5ccccc5)ccc4-n4c5ccccc5c5ccccc54)cc3)=NC(c3cccc(-c4cc(-c5ccccc5)ccc4-n4c5ccccc5c5ccccc54)c3)N2)cc1. The fourth-order valence-electron chi connectivity index (χ4n) is 11.1. The minimum atomic E-state index is -0.421. The van der Waals surface area contributed by atoms with Crippen molar-refractivity contribution in [3.8, 4) is 55.9 Å². The highest BCUT2D eigenvalue weighted by Gasteiger charge is 2.24. The largest absolute Gasteiger partial charge is 0.344 e. The topological polar surface area (TPSA) is 46.6 Å². The molecular formula is C69H47N5. The van der Waals surface area contributed by atoms with Crippen LogP contribution in [0.15, 0.2) is 283 Å². The van der Waals surface area contributed by atoms with Gasteiger partial charge >= 0.3 is 0 Å². The first-order valence-corrected chi connectivity index (χ1v) is 25.3. The Morgan fingerprint density at radius 3 is 1.18 bits per heavy atom. The zero-order chi connectivity index (χ0) is 49.0. The summed E-state index contributed by atoms with van der Waals surface area (Å²) in [7, 11) is 0. The molecular weight excluding hydrogens is 899 g/mol. The molecule has 0 bridgehead atoms. The molecule has 0 radical (unpaired) electrons. The quantitative estimate of drug-likeness (QED) is 0.154. The number of rotatable bonds is 9. The van der Waals surface area contributed by atoms with Crippen molar-refractivity contribution < 1.29 is 0 Å². The van der Waals surface area contributed by atoms with Crippen molar-refractivity contribution in [1.29, 1.82) is 0 Å². The lowest BCUT2D eigenvalue weighted by molar-refractivity contribution is 0.674. The molecule has 3 heterocycles. The van der Waals surface area contributed by atoms with E-state index in [4.69, 9.17) is 9.98 Å². The van der Waals surface area contributed by atoms with Gasteiger partial charge in [0.25, 0.3) is 0 Å². The lowest BCUT2D eigenvalue weighted by atomic mass is 9.95. The molecule has 1 atom stereocenters. The van der Waals surface area contributed by atoms with Crippen LogP contribution in [0.25, 0.3) is 99.5 Å². The molecule has 1 aliphatic rings. The Morgan fingerprint density at radius 1 is 0.297 bits per heavy atom. The fraction of sp³-hybridized carbons (Fsp3) is 0.0145. The highest BCUT2D eigenvalue weighted by molar-refractivity contribution is 6.14. The fourth-order valence-corrected chi connectivity index (χ4v) is 11.1. The summed E-state index contributed by atoms with van der Waals surface area (Å²) in [5.74, 6) is 1.44. The molecule has 5 heteroatoms. The Balaban J connectivity index is 0.893. The van der Waals surface area contributed by atoms with Crippen LogP contribution in [0.4, 0.5) is 0 Å². The lowest BCUT2D eigenvalue weighted by Crippen LogP contribution is -2.33. The van der Waals surface area contributed by atoms with E-state index in [9.17, 15) is 0 Å². The van der Waals surface area contributed by atoms with Crippen molar-refractivity contribution >= 4 is 55.3 Å². The van der Waals surface area contributed by atoms with Crippen molar-refractivity contribution in [1.82, 2.24) is 14.5 Å². The first kappa shape index (κ1) is 43.0. The summed E-state index contributed by atoms with van der Waals surface area (Å²) < 4.78 is 4.84. The maximum absolute atomic E-state index is 5.44. The smallest absolute Gasteiger partial charge is 0.159 e. The molecule has 74 heavy (non-hydrogen) atoms. The lowest BCUT2D eigenvalue weighted by Gasteiger charge is -2.24. The average Bonchev–Trinajstić information content (AvgIpc) is 4.01. The molecule has 5 nitrogen and oxygen atoms in total. The minimum Gasteiger partial charge on any atom is -0.344 e. The van der Waals surface area contributed by atoms with Crippen molar-refractivity contribution in [3.05, 3.63) is 290 Å². The van der Waals surface area contributed by atoms with E-state index in [1.54, 1.807) is 0 Å². The number of para-hydroxylation sites is 4. The molecule has 0 saturated heterocycles. The molecule has 0 spiro atoms. The van der Waals surface area contributed by atoms with Gasteiger partial charge in [0, 0.05) is 43.8 Å². The first-order chi connectivity index (χ1) is 36.7. The van der Waals surface area contributed by atoms with E-state index in [2.05, 4.69) is 281 Å². The maximum atomic E-state index is 5.44. The van der Waals surface area contributed by atoms with Crippen LogP contribution in [0.5, 0.6) is 0 Å². The van der Waals surface area contributed by atoms with Crippen LogP contribution in [-0.4, -0.2) is 20.8 Å². The van der Waals surface area contributed by atoms with Crippen molar-refractivity contribution in [2.45, 2.75) is 6.17 Å². The highest BCUT2D eigenvalue weighted by Crippen LogP contribution is 2.41. The number of hydrogen-bond acceptors (Lipinski definition) is 3. The molecule has 0 saturated carbocycles. The number of fused-ring (bicyclic) bond motifs is 6. The summed E-state index contributed by atoms with van der Waals surface area (Å²) >= 11 is 0. The molecule has 0 amide bonds. The standard InChI is InChI=1S/C69H47N5/c1-4-19-46(20-5-1)51-39-41-65(73-61-31-14-10-27-55(61)56-28-11-15-32-62(56)73)59(44-51)48-35-37-50(38-36-48)68-70-67(49-23-8-3-9-24-49)71-69(72-68)54-26-18-25-53(43-54)60-45-52(47-21-6-2-7-22-47)40-42-66(60)74-63-33-16-12-29-57(63)58-30-13-17-34-64(58)74/h1-45,69H,(H,70,71,72). The molecule has 1 unspecified atom stereocenters. The van der Waals surface area contributed by atoms with Crippen molar-refractivity contribution in [3.63, 3.8) is 0 Å². The Labute approximate surface area is 429 Å². The van der Waals surface area contributed by atoms with Gasteiger partial charge in [0.15, 0.2) is 5.84 Å². The van der Waals surface area contributed by atoms with Gasteiger partial charge in [-0.15, -0.1) is 0 Å². The number of aliphatic imine (C=N–C) groups is 2. The molecule has 14 rings (SSSR count). The highest BCUT2D eigenvalue weighted by atomic mass is 15.2. The van der Waals surface area contributed by atoms with E-state index >= 15 is 0 Å². The summed E-state index contributed by atoms with van der Waals surface area (Å²) in [6, 6.07) is 97.9. The Bertz CT molecular complexity index is 4210. The van der Waals surface area contributed by atoms with Gasteiger partial charge in [-0.25, -0.2) is 9.98 Å². The second-order valence-electron chi connectivity index (χ2n) is 19.0. The number of nitrogens with zero attached hydrogens (tertiary/aromatic N) is 4. The number of amidine groups is 2. The summed E-state index contributed by atoms with van der Waals surface area (Å²) in [6.07, 6.45) is -0.421. The molecule has 1 aliphatic heterocycles. The normalized spacial score (nSPS) is 13.5. The summed E-state index contributed by atoms with van der Waals surface area (Å²) in [6.45, 7) is 0. The van der Waals surface area contributed by atoms with Gasteiger partial charge in [0.05, 0.1) is 33.4 Å². The summed E-state index contributed by atoms with van der Waals surface area (Å²) in [5, 5.41) is 8.68. The number of benzene rings is 11. The third-order valence-electron chi connectivity index (χ3n) is 14.6. The Kier molecular flexibility index (Phi) is 10.5. The monoisotopic (exact) mass is 945 g/mol. The zero-order valence-electron chi connectivity index (χ0n) is 40.3. The van der Waals surface area contributed by atoms with Crippen LogP contribution in [-0.2, 0) is 0 Å². The van der Waals surface area contributed by atoms with Gasteiger partial charge in [-0.3, -0.25) is 0 Å². The predicted molar refractivity (Wildman–Crippen MR) is 309 cm³/mol. The third kappa shape index (κ3) is 7.49. The molecule has 13 aromatic rings. The zero-order valence-corrected chi connectivity index (χ0v) is 40.3. The van der Waals surface area contributed by atoms with E-state index in [0.717, 1.165) is 67.3 Å². The second kappa shape index (κ2) is 18.1. The van der Waals surface area contributed by atoms with Gasteiger partial charge in [-0.2, -0.15) is 0 Å². The molecule has 0 fully saturated rings. The molecule has 0 aliphatic carbocycles. The molecule has 348 valence electrons. The van der Waals surface area contributed by atoms with Gasteiger partial charge in [-0.1, -0.05) is 218 Å². The van der Waals surface area contributed by atoms with Crippen LogP contribution in [0, 0.1) is 0 Å². The van der Waals surface area contributed by atoms with Crippen LogP contribution in [0.3, 0.4) is 0 Å². The van der Waals surface area contributed by atoms with Crippen molar-refractivity contribution in [2.24, 2.45) is 9.98 Å². The summed E-state index contributed by atoms with van der Waals surface area (Å²) in [4.78, 5) is 10.7. The molecule has 11 aromatic carbocycles. The van der Waals surface area contributed by atoms with E-state index < -0.39 is 6.17 Å².